The van der Waals surface area contributed by atoms with Crippen molar-refractivity contribution in [3.05, 3.63) is 64.9 Å². The molecule has 1 aliphatic heterocycles. The lowest BCUT2D eigenvalue weighted by atomic mass is 9.81. The molecule has 2 aliphatic rings. The molecule has 1 aromatic heterocycles. The largest absolute Gasteiger partial charge is 0.288 e. The second-order valence-electron chi connectivity index (χ2n) is 8.68. The van der Waals surface area contributed by atoms with Crippen LogP contribution in [0.5, 0.6) is 0 Å². The summed E-state index contributed by atoms with van der Waals surface area (Å²) < 4.78 is 2.76. The lowest BCUT2D eigenvalue weighted by Crippen LogP contribution is -2.38. The van der Waals surface area contributed by atoms with Gasteiger partial charge in [0.25, 0.3) is 5.91 Å². The van der Waals surface area contributed by atoms with Gasteiger partial charge in [0, 0.05) is 11.5 Å². The zero-order chi connectivity index (χ0) is 23.0. The van der Waals surface area contributed by atoms with Gasteiger partial charge in [-0.2, -0.15) is 4.68 Å². The van der Waals surface area contributed by atoms with Gasteiger partial charge in [-0.1, -0.05) is 53.4 Å². The average molecular weight is 508 g/mol. The van der Waals surface area contributed by atoms with Crippen LogP contribution in [-0.4, -0.2) is 49.9 Å². The fourth-order valence-corrected chi connectivity index (χ4v) is 5.04. The molecule has 33 heavy (non-hydrogen) atoms. The molecule has 0 radical (unpaired) electrons. The topological polar surface area (TPSA) is 79.5 Å². The Bertz CT molecular complexity index is 1170. The molecular weight excluding hydrogens is 482 g/mol. The number of halogens is 1. The van der Waals surface area contributed by atoms with Crippen molar-refractivity contribution < 1.29 is 4.79 Å². The SMILES string of the molecule is CC1C(=NC2(c3nnnn3-c3ccc(Br)cc3)CCCCC2)C(=O)N(c2ccccc2)N1C. The van der Waals surface area contributed by atoms with Crippen molar-refractivity contribution in [2.75, 3.05) is 12.1 Å². The van der Waals surface area contributed by atoms with E-state index in [0.717, 1.165) is 48.0 Å². The van der Waals surface area contributed by atoms with E-state index in [1.807, 2.05) is 73.6 Å². The van der Waals surface area contributed by atoms with Crippen LogP contribution in [0.2, 0.25) is 0 Å². The molecule has 1 amide bonds. The molecule has 9 heteroatoms. The van der Waals surface area contributed by atoms with Gasteiger partial charge in [-0.15, -0.1) is 5.10 Å². The number of tetrazole rings is 1. The molecule has 3 aromatic rings. The number of anilines is 1. The summed E-state index contributed by atoms with van der Waals surface area (Å²) in [6.45, 7) is 2.02. The molecule has 2 aromatic carbocycles. The minimum atomic E-state index is -0.637. The number of nitrogens with zero attached hydrogens (tertiary/aromatic N) is 7. The number of hydrogen-bond acceptors (Lipinski definition) is 6. The predicted octanol–water partition coefficient (Wildman–Crippen LogP) is 4.31. The third-order valence-corrected chi connectivity index (χ3v) is 7.18. The number of para-hydroxylation sites is 1. The molecule has 1 unspecified atom stereocenters. The van der Waals surface area contributed by atoms with Crippen LogP contribution in [0, 0.1) is 0 Å². The summed E-state index contributed by atoms with van der Waals surface area (Å²) in [5, 5.41) is 16.4. The van der Waals surface area contributed by atoms with Crippen LogP contribution in [0.25, 0.3) is 5.69 Å². The first-order chi connectivity index (χ1) is 16.0. The Labute approximate surface area is 201 Å². The van der Waals surface area contributed by atoms with Gasteiger partial charge < -0.3 is 0 Å². The van der Waals surface area contributed by atoms with E-state index in [4.69, 9.17) is 4.99 Å². The molecule has 1 saturated heterocycles. The Hall–Kier alpha value is -2.91. The number of benzene rings is 2. The highest BCUT2D eigenvalue weighted by Gasteiger charge is 2.45. The first kappa shape index (κ1) is 21.9. The zero-order valence-electron chi connectivity index (χ0n) is 18.7. The molecule has 8 nitrogen and oxygen atoms in total. The number of hydrazine groups is 1. The summed E-state index contributed by atoms with van der Waals surface area (Å²) in [7, 11) is 1.93. The molecule has 0 bridgehead atoms. The minimum Gasteiger partial charge on any atom is -0.267 e. The summed E-state index contributed by atoms with van der Waals surface area (Å²) in [6.07, 6.45) is 4.80. The van der Waals surface area contributed by atoms with Gasteiger partial charge >= 0.3 is 0 Å². The van der Waals surface area contributed by atoms with Gasteiger partial charge in [0.15, 0.2) is 5.82 Å². The van der Waals surface area contributed by atoms with Crippen molar-refractivity contribution in [3.63, 3.8) is 0 Å². The van der Waals surface area contributed by atoms with E-state index >= 15 is 0 Å². The van der Waals surface area contributed by atoms with Gasteiger partial charge in [-0.05, 0) is 66.6 Å². The third kappa shape index (κ3) is 3.89. The van der Waals surface area contributed by atoms with Crippen molar-refractivity contribution >= 4 is 33.2 Å². The van der Waals surface area contributed by atoms with Gasteiger partial charge in [0.05, 0.1) is 17.4 Å². The van der Waals surface area contributed by atoms with Gasteiger partial charge in [-0.3, -0.25) is 9.79 Å². The maximum absolute atomic E-state index is 13.6. The number of aliphatic imine (C=N–C) groups is 1. The van der Waals surface area contributed by atoms with Crippen LogP contribution in [-0.2, 0) is 10.3 Å². The lowest BCUT2D eigenvalue weighted by Gasteiger charge is -2.33. The first-order valence-electron chi connectivity index (χ1n) is 11.3. The Morgan fingerprint density at radius 2 is 1.70 bits per heavy atom. The number of carbonyl (C=O) groups is 1. The number of rotatable bonds is 4. The van der Waals surface area contributed by atoms with E-state index in [-0.39, 0.29) is 11.9 Å². The van der Waals surface area contributed by atoms with E-state index in [1.54, 1.807) is 9.69 Å². The van der Waals surface area contributed by atoms with Crippen LogP contribution in [0.4, 0.5) is 5.69 Å². The Morgan fingerprint density at radius 3 is 2.39 bits per heavy atom. The fourth-order valence-electron chi connectivity index (χ4n) is 4.78. The lowest BCUT2D eigenvalue weighted by molar-refractivity contribution is -0.113. The maximum atomic E-state index is 13.6. The molecule has 2 fully saturated rings. The molecule has 0 N–H and O–H groups in total. The monoisotopic (exact) mass is 507 g/mol. The van der Waals surface area contributed by atoms with Crippen LogP contribution in [0.1, 0.15) is 44.9 Å². The summed E-state index contributed by atoms with van der Waals surface area (Å²) >= 11 is 3.49. The summed E-state index contributed by atoms with van der Waals surface area (Å²) in [5.41, 5.74) is 1.62. The van der Waals surface area contributed by atoms with Crippen LogP contribution in [0.15, 0.2) is 64.1 Å². The van der Waals surface area contributed by atoms with Crippen LogP contribution in [0.3, 0.4) is 0 Å². The number of aromatic nitrogens is 4. The highest BCUT2D eigenvalue weighted by Crippen LogP contribution is 2.41. The second-order valence-corrected chi connectivity index (χ2v) is 9.60. The van der Waals surface area contributed by atoms with Crippen LogP contribution >= 0.6 is 15.9 Å². The van der Waals surface area contributed by atoms with Gasteiger partial charge in [-0.25, -0.2) is 10.0 Å². The number of amides is 1. The van der Waals surface area contributed by atoms with Crippen molar-refractivity contribution in [3.8, 4) is 5.69 Å². The number of hydrogen-bond donors (Lipinski definition) is 0. The predicted molar refractivity (Wildman–Crippen MR) is 130 cm³/mol. The van der Waals surface area contributed by atoms with E-state index in [9.17, 15) is 4.79 Å². The quantitative estimate of drug-likeness (QED) is 0.525. The smallest absolute Gasteiger partial charge is 0.267 e. The standard InChI is InChI=1S/C24H26BrN7O/c1-17-21(22(33)32(30(17)2)20-9-5-3-6-10-20)26-24(15-7-4-8-16-24)23-27-28-29-31(23)19-13-11-18(25)12-14-19/h3,5-6,9-14,17H,4,7-8,15-16H2,1-2H3. The second kappa shape index (κ2) is 8.79. The van der Waals surface area contributed by atoms with Crippen molar-refractivity contribution in [2.45, 2.75) is 50.6 Å². The highest BCUT2D eigenvalue weighted by molar-refractivity contribution is 9.10. The molecule has 0 spiro atoms. The molecule has 1 atom stereocenters. The van der Waals surface area contributed by atoms with Gasteiger partial charge in [0.1, 0.15) is 11.3 Å². The fraction of sp³-hybridized carbons (Fsp3) is 0.375. The zero-order valence-corrected chi connectivity index (χ0v) is 20.3. The van der Waals surface area contributed by atoms with Crippen molar-refractivity contribution in [1.29, 1.82) is 0 Å². The first-order valence-corrected chi connectivity index (χ1v) is 12.1. The normalized spacial score (nSPS) is 22.3. The highest BCUT2D eigenvalue weighted by atomic mass is 79.9. The maximum Gasteiger partial charge on any atom is 0.288 e. The molecule has 2 heterocycles. The molecule has 5 rings (SSSR count). The van der Waals surface area contributed by atoms with Crippen LogP contribution < -0.4 is 5.01 Å². The van der Waals surface area contributed by atoms with Gasteiger partial charge in [0.2, 0.25) is 0 Å². The van der Waals surface area contributed by atoms with E-state index in [2.05, 4.69) is 31.5 Å². The molecule has 170 valence electrons. The molecule has 1 saturated carbocycles. The Kier molecular flexibility index (Phi) is 5.84. The molecule has 1 aliphatic carbocycles. The van der Waals surface area contributed by atoms with E-state index < -0.39 is 5.54 Å². The third-order valence-electron chi connectivity index (χ3n) is 6.66. The summed E-state index contributed by atoms with van der Waals surface area (Å²) in [6, 6.07) is 17.4. The number of carbonyl (C=O) groups excluding carboxylic acids is 1. The summed E-state index contributed by atoms with van der Waals surface area (Å²) in [4.78, 5) is 18.8. The van der Waals surface area contributed by atoms with Crippen molar-refractivity contribution in [2.24, 2.45) is 4.99 Å². The molecular formula is C24H26BrN7O. The summed E-state index contributed by atoms with van der Waals surface area (Å²) in [5.74, 6) is 0.599. The Balaban J connectivity index is 1.59. The van der Waals surface area contributed by atoms with Crippen molar-refractivity contribution in [1.82, 2.24) is 25.2 Å². The van der Waals surface area contributed by atoms with E-state index in [1.165, 1.54) is 0 Å². The Morgan fingerprint density at radius 1 is 1.00 bits per heavy atom. The minimum absolute atomic E-state index is 0.0937. The van der Waals surface area contributed by atoms with E-state index in [0.29, 0.717) is 11.5 Å². The average Bonchev–Trinajstić information content (AvgIpc) is 3.41.